The minimum atomic E-state index is -0.852. The second-order valence-corrected chi connectivity index (χ2v) is 2.91. The first-order valence-electron chi connectivity index (χ1n) is 4.38. The summed E-state index contributed by atoms with van der Waals surface area (Å²) in [7, 11) is 1.58. The van der Waals surface area contributed by atoms with Crippen LogP contribution < -0.4 is 16.8 Å². The number of carbonyl (C=O) groups excluding carboxylic acids is 2. The highest BCUT2D eigenvalue weighted by Gasteiger charge is 2.14. The molecule has 82 valence electrons. The molecular weight excluding hydrogens is 186 g/mol. The van der Waals surface area contributed by atoms with Gasteiger partial charge in [0.1, 0.15) is 0 Å². The summed E-state index contributed by atoms with van der Waals surface area (Å²) in [5.41, 5.74) is 10.3. The molecule has 6 heteroatoms. The Bertz CT molecular complexity index is 196. The van der Waals surface area contributed by atoms with Gasteiger partial charge in [0.25, 0.3) is 0 Å². The number of primary amides is 1. The van der Waals surface area contributed by atoms with Gasteiger partial charge < -0.3 is 21.5 Å². The van der Waals surface area contributed by atoms with Gasteiger partial charge in [-0.2, -0.15) is 0 Å². The lowest BCUT2D eigenvalue weighted by molar-refractivity contribution is -0.126. The van der Waals surface area contributed by atoms with Gasteiger partial charge in [0.05, 0.1) is 12.5 Å². The van der Waals surface area contributed by atoms with Crippen molar-refractivity contribution >= 4 is 11.8 Å². The number of ether oxygens (including phenoxy) is 1. The van der Waals surface area contributed by atoms with Gasteiger partial charge in [-0.1, -0.05) is 0 Å². The molecule has 0 aliphatic heterocycles. The fourth-order valence-corrected chi connectivity index (χ4v) is 0.869. The molecule has 1 atom stereocenters. The molecule has 0 aliphatic carbocycles. The summed E-state index contributed by atoms with van der Waals surface area (Å²) < 4.78 is 4.79. The molecule has 0 aromatic carbocycles. The van der Waals surface area contributed by atoms with Crippen molar-refractivity contribution in [2.75, 3.05) is 20.3 Å². The maximum absolute atomic E-state index is 11.2. The monoisotopic (exact) mass is 203 g/mol. The van der Waals surface area contributed by atoms with Gasteiger partial charge in [-0.15, -0.1) is 0 Å². The van der Waals surface area contributed by atoms with Crippen LogP contribution in [-0.2, 0) is 14.3 Å². The number of hydrogen-bond acceptors (Lipinski definition) is 4. The zero-order chi connectivity index (χ0) is 11.0. The SMILES string of the molecule is COCCCNC(=O)C(N)CC(N)=O. The van der Waals surface area contributed by atoms with E-state index in [1.165, 1.54) is 0 Å². The predicted molar refractivity (Wildman–Crippen MR) is 51.3 cm³/mol. The van der Waals surface area contributed by atoms with Crippen molar-refractivity contribution in [1.82, 2.24) is 5.32 Å². The molecule has 14 heavy (non-hydrogen) atoms. The van der Waals surface area contributed by atoms with E-state index < -0.39 is 11.9 Å². The zero-order valence-electron chi connectivity index (χ0n) is 8.29. The molecule has 0 saturated carbocycles. The first kappa shape index (κ1) is 12.9. The standard InChI is InChI=1S/C8H17N3O3/c1-14-4-2-3-11-8(13)6(9)5-7(10)12/h6H,2-5,9H2,1H3,(H2,10,12)(H,11,13). The predicted octanol–water partition coefficient (Wildman–Crippen LogP) is -1.66. The third kappa shape index (κ3) is 6.38. The summed E-state index contributed by atoms with van der Waals surface area (Å²) in [5.74, 6) is -0.940. The molecule has 0 fully saturated rings. The molecule has 5 N–H and O–H groups in total. The van der Waals surface area contributed by atoms with Gasteiger partial charge >= 0.3 is 0 Å². The van der Waals surface area contributed by atoms with E-state index in [1.54, 1.807) is 7.11 Å². The van der Waals surface area contributed by atoms with E-state index in [2.05, 4.69) is 5.32 Å². The van der Waals surface area contributed by atoms with Crippen molar-refractivity contribution < 1.29 is 14.3 Å². The zero-order valence-corrected chi connectivity index (χ0v) is 8.29. The molecule has 0 radical (unpaired) electrons. The van der Waals surface area contributed by atoms with E-state index in [0.717, 1.165) is 0 Å². The highest BCUT2D eigenvalue weighted by atomic mass is 16.5. The highest BCUT2D eigenvalue weighted by molar-refractivity contribution is 5.87. The summed E-state index contributed by atoms with van der Waals surface area (Å²) in [4.78, 5) is 21.6. The van der Waals surface area contributed by atoms with Crippen LogP contribution in [0, 0.1) is 0 Å². The number of rotatable bonds is 7. The Morgan fingerprint density at radius 1 is 1.50 bits per heavy atom. The fraction of sp³-hybridized carbons (Fsp3) is 0.750. The quantitative estimate of drug-likeness (QED) is 0.430. The normalized spacial score (nSPS) is 12.1. The Labute approximate surface area is 83.0 Å². The van der Waals surface area contributed by atoms with Gasteiger partial charge in [-0.3, -0.25) is 9.59 Å². The third-order valence-corrected chi connectivity index (χ3v) is 1.58. The topological polar surface area (TPSA) is 107 Å². The molecule has 0 rings (SSSR count). The van der Waals surface area contributed by atoms with E-state index in [-0.39, 0.29) is 12.3 Å². The summed E-state index contributed by atoms with van der Waals surface area (Å²) in [6.07, 6.45) is 0.585. The van der Waals surface area contributed by atoms with Crippen molar-refractivity contribution in [3.63, 3.8) is 0 Å². The lowest BCUT2D eigenvalue weighted by atomic mass is 10.2. The molecule has 0 aliphatic rings. The van der Waals surface area contributed by atoms with Crippen molar-refractivity contribution in [2.24, 2.45) is 11.5 Å². The number of methoxy groups -OCH3 is 1. The first-order chi connectivity index (χ1) is 6.57. The van der Waals surface area contributed by atoms with E-state index in [4.69, 9.17) is 16.2 Å². The van der Waals surface area contributed by atoms with Gasteiger partial charge in [-0.25, -0.2) is 0 Å². The van der Waals surface area contributed by atoms with Crippen LogP contribution in [0.3, 0.4) is 0 Å². The van der Waals surface area contributed by atoms with Crippen LogP contribution in [0.1, 0.15) is 12.8 Å². The molecule has 1 unspecified atom stereocenters. The summed E-state index contributed by atoms with van der Waals surface area (Å²) in [5, 5.41) is 2.57. The minimum Gasteiger partial charge on any atom is -0.385 e. The van der Waals surface area contributed by atoms with E-state index >= 15 is 0 Å². The van der Waals surface area contributed by atoms with Gasteiger partial charge in [-0.05, 0) is 6.42 Å². The fourth-order valence-electron chi connectivity index (χ4n) is 0.869. The van der Waals surface area contributed by atoms with Crippen LogP contribution in [0.2, 0.25) is 0 Å². The lowest BCUT2D eigenvalue weighted by Crippen LogP contribution is -2.43. The molecule has 2 amide bonds. The average molecular weight is 203 g/mol. The lowest BCUT2D eigenvalue weighted by Gasteiger charge is -2.09. The Morgan fingerprint density at radius 2 is 2.14 bits per heavy atom. The van der Waals surface area contributed by atoms with Crippen LogP contribution in [0.15, 0.2) is 0 Å². The third-order valence-electron chi connectivity index (χ3n) is 1.58. The Hall–Kier alpha value is -1.14. The molecule has 0 aromatic rings. The van der Waals surface area contributed by atoms with Crippen LogP contribution in [0.4, 0.5) is 0 Å². The number of amides is 2. The van der Waals surface area contributed by atoms with Crippen LogP contribution >= 0.6 is 0 Å². The molecule has 6 nitrogen and oxygen atoms in total. The summed E-state index contributed by atoms with van der Waals surface area (Å²) in [6, 6.07) is -0.852. The van der Waals surface area contributed by atoms with Crippen LogP contribution in [-0.4, -0.2) is 38.1 Å². The second kappa shape index (κ2) is 7.28. The molecule has 0 heterocycles. The van der Waals surface area contributed by atoms with Crippen molar-refractivity contribution in [3.8, 4) is 0 Å². The van der Waals surface area contributed by atoms with E-state index in [9.17, 15) is 9.59 Å². The average Bonchev–Trinajstić information content (AvgIpc) is 2.11. The number of nitrogens with one attached hydrogen (secondary N) is 1. The molecule has 0 saturated heterocycles. The number of nitrogens with two attached hydrogens (primary N) is 2. The van der Waals surface area contributed by atoms with Gasteiger partial charge in [0, 0.05) is 20.3 Å². The molecule has 0 aromatic heterocycles. The Morgan fingerprint density at radius 3 is 2.64 bits per heavy atom. The molecule has 0 spiro atoms. The van der Waals surface area contributed by atoms with Gasteiger partial charge in [0.15, 0.2) is 0 Å². The number of hydrogen-bond donors (Lipinski definition) is 3. The maximum atomic E-state index is 11.2. The summed E-state index contributed by atoms with van der Waals surface area (Å²) in [6.45, 7) is 1.06. The molecular formula is C8H17N3O3. The maximum Gasteiger partial charge on any atom is 0.237 e. The first-order valence-corrected chi connectivity index (χ1v) is 4.38. The minimum absolute atomic E-state index is 0.129. The number of carbonyl (C=O) groups is 2. The Balaban J connectivity index is 3.57. The van der Waals surface area contributed by atoms with E-state index in [0.29, 0.717) is 19.6 Å². The van der Waals surface area contributed by atoms with Crippen LogP contribution in [0.25, 0.3) is 0 Å². The van der Waals surface area contributed by atoms with E-state index in [1.807, 2.05) is 0 Å². The highest BCUT2D eigenvalue weighted by Crippen LogP contribution is 1.87. The Kier molecular flexibility index (Phi) is 6.69. The van der Waals surface area contributed by atoms with Crippen molar-refractivity contribution in [3.05, 3.63) is 0 Å². The molecule has 0 bridgehead atoms. The smallest absolute Gasteiger partial charge is 0.237 e. The summed E-state index contributed by atoms with van der Waals surface area (Å²) >= 11 is 0. The van der Waals surface area contributed by atoms with Crippen molar-refractivity contribution in [2.45, 2.75) is 18.9 Å². The second-order valence-electron chi connectivity index (χ2n) is 2.91. The van der Waals surface area contributed by atoms with Crippen molar-refractivity contribution in [1.29, 1.82) is 0 Å². The van der Waals surface area contributed by atoms with Gasteiger partial charge in [0.2, 0.25) is 11.8 Å². The largest absolute Gasteiger partial charge is 0.385 e. The van der Waals surface area contributed by atoms with Crippen LogP contribution in [0.5, 0.6) is 0 Å².